The first kappa shape index (κ1) is 13.4. The molecule has 0 bridgehead atoms. The number of nitrogens with zero attached hydrogens (tertiary/aromatic N) is 1. The Hall–Kier alpha value is -0.0800. The van der Waals surface area contributed by atoms with Crippen molar-refractivity contribution in [3.63, 3.8) is 0 Å². The Kier molecular flexibility index (Phi) is 4.48. The predicted octanol–water partition coefficient (Wildman–Crippen LogP) is 3.03. The number of hydrogen-bond donors (Lipinski definition) is 1. The number of hydrogen-bond acceptors (Lipinski definition) is 2. The fourth-order valence-electron chi connectivity index (χ4n) is 3.81. The maximum atomic E-state index is 3.61. The van der Waals surface area contributed by atoms with Crippen LogP contribution in [0.15, 0.2) is 0 Å². The van der Waals surface area contributed by atoms with Crippen LogP contribution >= 0.6 is 0 Å². The van der Waals surface area contributed by atoms with Gasteiger partial charge in [0.25, 0.3) is 0 Å². The van der Waals surface area contributed by atoms with Gasteiger partial charge >= 0.3 is 0 Å². The molecule has 1 saturated carbocycles. The standard InChI is InChI=1S/C15H30N2/c1-4-16-14-7-10-17(13(2)11-14)12-15(3)8-5-6-9-15/h13-14,16H,4-12H2,1-3H3. The summed E-state index contributed by atoms with van der Waals surface area (Å²) in [5.74, 6) is 0. The molecule has 1 aliphatic carbocycles. The summed E-state index contributed by atoms with van der Waals surface area (Å²) >= 11 is 0. The maximum Gasteiger partial charge on any atom is 0.00939 e. The first-order valence-electron chi connectivity index (χ1n) is 7.60. The SMILES string of the molecule is CCNC1CCN(CC2(C)CCCC2)C(C)C1. The highest BCUT2D eigenvalue weighted by Gasteiger charge is 2.34. The third-order valence-corrected chi connectivity index (χ3v) is 4.90. The fourth-order valence-corrected chi connectivity index (χ4v) is 3.81. The van der Waals surface area contributed by atoms with Crippen molar-refractivity contribution >= 4 is 0 Å². The lowest BCUT2D eigenvalue weighted by atomic mass is 9.86. The Labute approximate surface area is 107 Å². The average Bonchev–Trinajstić information content (AvgIpc) is 2.70. The van der Waals surface area contributed by atoms with Gasteiger partial charge in [-0.25, -0.2) is 0 Å². The zero-order valence-corrected chi connectivity index (χ0v) is 12.0. The van der Waals surface area contributed by atoms with Gasteiger partial charge in [0.15, 0.2) is 0 Å². The van der Waals surface area contributed by atoms with E-state index < -0.39 is 0 Å². The molecule has 2 aliphatic rings. The highest BCUT2D eigenvalue weighted by Crippen LogP contribution is 2.39. The summed E-state index contributed by atoms with van der Waals surface area (Å²) in [6.07, 6.45) is 8.50. The topological polar surface area (TPSA) is 15.3 Å². The molecule has 0 aromatic heterocycles. The second-order valence-corrected chi connectivity index (χ2v) is 6.62. The predicted molar refractivity (Wildman–Crippen MR) is 74.3 cm³/mol. The van der Waals surface area contributed by atoms with E-state index in [9.17, 15) is 0 Å². The molecule has 100 valence electrons. The highest BCUT2D eigenvalue weighted by molar-refractivity contribution is 4.89. The third kappa shape index (κ3) is 3.45. The Morgan fingerprint density at radius 2 is 2.00 bits per heavy atom. The molecule has 2 unspecified atom stereocenters. The lowest BCUT2D eigenvalue weighted by molar-refractivity contribution is 0.0852. The molecule has 1 N–H and O–H groups in total. The quantitative estimate of drug-likeness (QED) is 0.810. The minimum absolute atomic E-state index is 0.624. The van der Waals surface area contributed by atoms with Gasteiger partial charge in [0.05, 0.1) is 0 Å². The van der Waals surface area contributed by atoms with Crippen molar-refractivity contribution in [2.45, 2.75) is 71.4 Å². The van der Waals surface area contributed by atoms with Crippen molar-refractivity contribution < 1.29 is 0 Å². The van der Waals surface area contributed by atoms with Crippen LogP contribution in [0.1, 0.15) is 59.3 Å². The van der Waals surface area contributed by atoms with Crippen LogP contribution < -0.4 is 5.32 Å². The summed E-state index contributed by atoms with van der Waals surface area (Å²) in [6.45, 7) is 10.9. The zero-order valence-electron chi connectivity index (χ0n) is 12.0. The second-order valence-electron chi connectivity index (χ2n) is 6.62. The average molecular weight is 238 g/mol. The van der Waals surface area contributed by atoms with E-state index in [2.05, 4.69) is 31.0 Å². The van der Waals surface area contributed by atoms with E-state index in [0.717, 1.165) is 18.6 Å². The lowest BCUT2D eigenvalue weighted by Gasteiger charge is -2.42. The van der Waals surface area contributed by atoms with Crippen LogP contribution in [0, 0.1) is 5.41 Å². The number of nitrogens with one attached hydrogen (secondary N) is 1. The molecule has 2 heteroatoms. The van der Waals surface area contributed by atoms with Gasteiger partial charge in [0.2, 0.25) is 0 Å². The normalized spacial score (nSPS) is 34.1. The number of piperidine rings is 1. The summed E-state index contributed by atoms with van der Waals surface area (Å²) in [4.78, 5) is 2.75. The molecule has 2 rings (SSSR count). The van der Waals surface area contributed by atoms with Crippen molar-refractivity contribution in [3.8, 4) is 0 Å². The Balaban J connectivity index is 1.82. The molecule has 2 atom stereocenters. The largest absolute Gasteiger partial charge is 0.314 e. The number of likely N-dealkylation sites (tertiary alicyclic amines) is 1. The zero-order chi connectivity index (χ0) is 12.3. The molecule has 2 fully saturated rings. The van der Waals surface area contributed by atoms with Crippen LogP contribution in [0.25, 0.3) is 0 Å². The van der Waals surface area contributed by atoms with Crippen LogP contribution in [0.5, 0.6) is 0 Å². The molecule has 0 amide bonds. The van der Waals surface area contributed by atoms with Gasteiger partial charge in [-0.15, -0.1) is 0 Å². The summed E-state index contributed by atoms with van der Waals surface area (Å²) in [7, 11) is 0. The minimum atomic E-state index is 0.624. The fraction of sp³-hybridized carbons (Fsp3) is 1.00. The van der Waals surface area contributed by atoms with E-state index in [0.29, 0.717) is 5.41 Å². The van der Waals surface area contributed by atoms with Crippen LogP contribution in [0.3, 0.4) is 0 Å². The maximum absolute atomic E-state index is 3.61. The van der Waals surface area contributed by atoms with E-state index >= 15 is 0 Å². The van der Waals surface area contributed by atoms with Crippen molar-refractivity contribution in [2.24, 2.45) is 5.41 Å². The summed E-state index contributed by atoms with van der Waals surface area (Å²) in [5.41, 5.74) is 0.624. The smallest absolute Gasteiger partial charge is 0.00939 e. The van der Waals surface area contributed by atoms with E-state index in [-0.39, 0.29) is 0 Å². The van der Waals surface area contributed by atoms with Gasteiger partial charge in [-0.05, 0) is 51.1 Å². The van der Waals surface area contributed by atoms with Gasteiger partial charge in [-0.1, -0.05) is 26.7 Å². The highest BCUT2D eigenvalue weighted by atomic mass is 15.2. The number of rotatable bonds is 4. The summed E-state index contributed by atoms with van der Waals surface area (Å²) in [5, 5.41) is 3.61. The van der Waals surface area contributed by atoms with Crippen LogP contribution in [-0.2, 0) is 0 Å². The molecule has 0 aromatic carbocycles. The second kappa shape index (κ2) is 5.71. The minimum Gasteiger partial charge on any atom is -0.314 e. The Bertz CT molecular complexity index is 233. The molecule has 17 heavy (non-hydrogen) atoms. The van der Waals surface area contributed by atoms with Crippen molar-refractivity contribution in [3.05, 3.63) is 0 Å². The first-order valence-corrected chi connectivity index (χ1v) is 7.60. The molecule has 2 nitrogen and oxygen atoms in total. The third-order valence-electron chi connectivity index (χ3n) is 4.90. The van der Waals surface area contributed by atoms with Gasteiger partial charge in [-0.3, -0.25) is 0 Å². The Morgan fingerprint density at radius 1 is 1.29 bits per heavy atom. The molecule has 0 spiro atoms. The molecule has 0 radical (unpaired) electrons. The molecule has 1 heterocycles. The van der Waals surface area contributed by atoms with Gasteiger partial charge in [0, 0.05) is 18.6 Å². The van der Waals surface area contributed by atoms with Crippen LogP contribution in [0.2, 0.25) is 0 Å². The van der Waals surface area contributed by atoms with Crippen molar-refractivity contribution in [1.82, 2.24) is 10.2 Å². The summed E-state index contributed by atoms with van der Waals surface area (Å²) < 4.78 is 0. The van der Waals surface area contributed by atoms with Crippen LogP contribution in [0.4, 0.5) is 0 Å². The van der Waals surface area contributed by atoms with Gasteiger partial charge in [-0.2, -0.15) is 0 Å². The van der Waals surface area contributed by atoms with E-state index in [1.807, 2.05) is 0 Å². The molecule has 1 aliphatic heterocycles. The monoisotopic (exact) mass is 238 g/mol. The van der Waals surface area contributed by atoms with E-state index in [1.54, 1.807) is 0 Å². The first-order chi connectivity index (χ1) is 8.13. The van der Waals surface area contributed by atoms with E-state index in [1.165, 1.54) is 51.6 Å². The molecular weight excluding hydrogens is 208 g/mol. The molecule has 0 aromatic rings. The van der Waals surface area contributed by atoms with Gasteiger partial charge in [0.1, 0.15) is 0 Å². The van der Waals surface area contributed by atoms with Crippen molar-refractivity contribution in [2.75, 3.05) is 19.6 Å². The molecule has 1 saturated heterocycles. The van der Waals surface area contributed by atoms with Crippen molar-refractivity contribution in [1.29, 1.82) is 0 Å². The molecular formula is C15H30N2. The van der Waals surface area contributed by atoms with Crippen LogP contribution in [-0.4, -0.2) is 36.6 Å². The lowest BCUT2D eigenvalue weighted by Crippen LogP contribution is -2.50. The Morgan fingerprint density at radius 3 is 2.59 bits per heavy atom. The summed E-state index contributed by atoms with van der Waals surface area (Å²) in [6, 6.07) is 1.54. The van der Waals surface area contributed by atoms with E-state index in [4.69, 9.17) is 0 Å². The van der Waals surface area contributed by atoms with Gasteiger partial charge < -0.3 is 10.2 Å².